The minimum absolute atomic E-state index is 0.0595. The summed E-state index contributed by atoms with van der Waals surface area (Å²) in [4.78, 5) is 24.4. The van der Waals surface area contributed by atoms with Crippen LogP contribution in [0.5, 0.6) is 0 Å². The first-order valence-electron chi connectivity index (χ1n) is 3.87. The molecule has 0 spiro atoms. The maximum atomic E-state index is 10.3. The molecule has 0 aromatic rings. The van der Waals surface area contributed by atoms with Gasteiger partial charge in [0.15, 0.2) is 0 Å². The quantitative estimate of drug-likeness (QED) is 0.233. The molecular formula is C7H12N2O6. The van der Waals surface area contributed by atoms with Gasteiger partial charge in [0.05, 0.1) is 6.54 Å². The lowest BCUT2D eigenvalue weighted by Crippen LogP contribution is -2.45. The Hall–Kier alpha value is -1.64. The van der Waals surface area contributed by atoms with E-state index in [1.54, 1.807) is 0 Å². The minimum atomic E-state index is -1.18. The average molecular weight is 220 g/mol. The summed E-state index contributed by atoms with van der Waals surface area (Å²) in [7, 11) is 0. The molecule has 0 fully saturated rings. The number of hydrazine groups is 1. The highest BCUT2D eigenvalue weighted by Crippen LogP contribution is 1.89. The van der Waals surface area contributed by atoms with Crippen LogP contribution in [-0.4, -0.2) is 52.1 Å². The highest BCUT2D eigenvalue weighted by molar-refractivity contribution is 5.72. The van der Waals surface area contributed by atoms with Crippen molar-refractivity contribution in [3.05, 3.63) is 12.3 Å². The average Bonchev–Trinajstić information content (AvgIpc) is 2.11. The summed E-state index contributed by atoms with van der Waals surface area (Å²) in [5.74, 6) is -2.42. The molecule has 15 heavy (non-hydrogen) atoms. The van der Waals surface area contributed by atoms with Crippen LogP contribution >= 0.6 is 0 Å². The standard InChI is InChI=1S/C7H12N2O6/c1-5(15-14)2-8-9(3-6(10)11)4-7(12)13/h8,14H,1-4H2,(H,10,11)(H,12,13). The lowest BCUT2D eigenvalue weighted by molar-refractivity contribution is -0.204. The predicted molar refractivity (Wildman–Crippen MR) is 47.7 cm³/mol. The van der Waals surface area contributed by atoms with Gasteiger partial charge in [-0.3, -0.25) is 9.59 Å². The molecule has 0 saturated carbocycles. The first kappa shape index (κ1) is 13.4. The van der Waals surface area contributed by atoms with E-state index < -0.39 is 25.0 Å². The molecule has 8 heteroatoms. The van der Waals surface area contributed by atoms with Gasteiger partial charge in [-0.25, -0.2) is 15.7 Å². The fraction of sp³-hybridized carbons (Fsp3) is 0.429. The van der Waals surface area contributed by atoms with Crippen molar-refractivity contribution < 1.29 is 29.9 Å². The van der Waals surface area contributed by atoms with Crippen LogP contribution in [-0.2, 0) is 14.5 Å². The SMILES string of the molecule is C=C(CNN(CC(=O)O)CC(=O)O)OO. The number of hydrogen-bond acceptors (Lipinski definition) is 6. The Balaban J connectivity index is 4.06. The molecular weight excluding hydrogens is 208 g/mol. The number of carboxylic acid groups (broad SMARTS) is 2. The second-order valence-corrected chi connectivity index (χ2v) is 2.61. The molecule has 8 nitrogen and oxygen atoms in total. The topological polar surface area (TPSA) is 119 Å². The van der Waals surface area contributed by atoms with E-state index in [4.69, 9.17) is 15.5 Å². The number of aliphatic carboxylic acids is 2. The van der Waals surface area contributed by atoms with Crippen molar-refractivity contribution in [3.63, 3.8) is 0 Å². The molecule has 4 N–H and O–H groups in total. The maximum absolute atomic E-state index is 10.3. The molecule has 0 amide bonds. The zero-order chi connectivity index (χ0) is 11.8. The molecule has 0 bridgehead atoms. The van der Waals surface area contributed by atoms with E-state index in [0.717, 1.165) is 5.01 Å². The first-order valence-corrected chi connectivity index (χ1v) is 3.87. The Morgan fingerprint density at radius 3 is 2.07 bits per heavy atom. The van der Waals surface area contributed by atoms with Crippen molar-refractivity contribution in [3.8, 4) is 0 Å². The third-order valence-electron chi connectivity index (χ3n) is 1.28. The van der Waals surface area contributed by atoms with Gasteiger partial charge in [-0.05, 0) is 0 Å². The van der Waals surface area contributed by atoms with Crippen LogP contribution in [0.1, 0.15) is 0 Å². The molecule has 86 valence electrons. The Bertz CT molecular complexity index is 238. The van der Waals surface area contributed by atoms with E-state index in [1.165, 1.54) is 0 Å². The molecule has 0 radical (unpaired) electrons. The largest absolute Gasteiger partial charge is 0.480 e. The van der Waals surface area contributed by atoms with Gasteiger partial charge in [0.2, 0.25) is 0 Å². The molecule has 0 aromatic heterocycles. The van der Waals surface area contributed by atoms with E-state index in [0.29, 0.717) is 0 Å². The van der Waals surface area contributed by atoms with Gasteiger partial charge in [0, 0.05) is 0 Å². The predicted octanol–water partition coefficient (Wildman–Crippen LogP) is -1.03. The number of nitrogens with zero attached hydrogens (tertiary/aromatic N) is 1. The van der Waals surface area contributed by atoms with Gasteiger partial charge < -0.3 is 15.1 Å². The molecule has 0 aliphatic carbocycles. The summed E-state index contributed by atoms with van der Waals surface area (Å²) < 4.78 is 0. The lowest BCUT2D eigenvalue weighted by atomic mass is 10.5. The number of carbonyl (C=O) groups is 2. The van der Waals surface area contributed by atoms with Gasteiger partial charge in [-0.15, -0.1) is 0 Å². The molecule has 0 atom stereocenters. The van der Waals surface area contributed by atoms with Gasteiger partial charge in [0.25, 0.3) is 0 Å². The van der Waals surface area contributed by atoms with Gasteiger partial charge in [-0.2, -0.15) is 0 Å². The maximum Gasteiger partial charge on any atom is 0.319 e. The fourth-order valence-corrected chi connectivity index (χ4v) is 0.727. The summed E-state index contributed by atoms with van der Waals surface area (Å²) in [6, 6.07) is 0. The number of rotatable bonds is 8. The van der Waals surface area contributed by atoms with E-state index in [2.05, 4.69) is 16.9 Å². The van der Waals surface area contributed by atoms with Crippen molar-refractivity contribution in [1.29, 1.82) is 0 Å². The molecule has 0 heterocycles. The van der Waals surface area contributed by atoms with Crippen molar-refractivity contribution in [1.82, 2.24) is 10.4 Å². The van der Waals surface area contributed by atoms with Crippen LogP contribution in [0.3, 0.4) is 0 Å². The Morgan fingerprint density at radius 1 is 1.27 bits per heavy atom. The monoisotopic (exact) mass is 220 g/mol. The van der Waals surface area contributed by atoms with Crippen molar-refractivity contribution in [2.24, 2.45) is 0 Å². The van der Waals surface area contributed by atoms with Gasteiger partial charge in [0.1, 0.15) is 18.8 Å². The second kappa shape index (κ2) is 6.76. The number of nitrogens with one attached hydrogen (secondary N) is 1. The zero-order valence-electron chi connectivity index (χ0n) is 7.84. The summed E-state index contributed by atoms with van der Waals surface area (Å²) >= 11 is 0. The van der Waals surface area contributed by atoms with Crippen LogP contribution < -0.4 is 5.43 Å². The first-order chi connectivity index (χ1) is 6.95. The van der Waals surface area contributed by atoms with Crippen LogP contribution in [0.25, 0.3) is 0 Å². The van der Waals surface area contributed by atoms with Crippen LogP contribution in [0.4, 0.5) is 0 Å². The highest BCUT2D eigenvalue weighted by Gasteiger charge is 2.13. The smallest absolute Gasteiger partial charge is 0.319 e. The number of hydrogen-bond donors (Lipinski definition) is 4. The van der Waals surface area contributed by atoms with Crippen molar-refractivity contribution in [2.75, 3.05) is 19.6 Å². The third kappa shape index (κ3) is 7.43. The Labute approximate surface area is 85.3 Å². The summed E-state index contributed by atoms with van der Waals surface area (Å²) in [6.45, 7) is 2.17. The normalized spacial score (nSPS) is 10.0. The molecule has 0 unspecified atom stereocenters. The van der Waals surface area contributed by atoms with E-state index >= 15 is 0 Å². The number of carboxylic acids is 2. The highest BCUT2D eigenvalue weighted by atomic mass is 17.1. The van der Waals surface area contributed by atoms with Crippen LogP contribution in [0, 0.1) is 0 Å². The Morgan fingerprint density at radius 2 is 1.73 bits per heavy atom. The van der Waals surface area contributed by atoms with E-state index in [1.807, 2.05) is 0 Å². The molecule has 0 aliphatic rings. The van der Waals surface area contributed by atoms with Crippen LogP contribution in [0.2, 0.25) is 0 Å². The summed E-state index contributed by atoms with van der Waals surface area (Å²) in [5, 5.41) is 25.9. The summed E-state index contributed by atoms with van der Waals surface area (Å²) in [6.07, 6.45) is 0. The van der Waals surface area contributed by atoms with E-state index in [9.17, 15) is 9.59 Å². The molecule has 0 aliphatic heterocycles. The molecule has 0 saturated heterocycles. The molecule has 0 rings (SSSR count). The Kier molecular flexibility index (Phi) is 6.02. The molecule has 0 aromatic carbocycles. The minimum Gasteiger partial charge on any atom is -0.480 e. The fourth-order valence-electron chi connectivity index (χ4n) is 0.727. The lowest BCUT2D eigenvalue weighted by Gasteiger charge is -2.18. The van der Waals surface area contributed by atoms with Gasteiger partial charge >= 0.3 is 11.9 Å². The van der Waals surface area contributed by atoms with Crippen molar-refractivity contribution >= 4 is 11.9 Å². The second-order valence-electron chi connectivity index (χ2n) is 2.61. The van der Waals surface area contributed by atoms with Crippen LogP contribution in [0.15, 0.2) is 12.3 Å². The van der Waals surface area contributed by atoms with Crippen molar-refractivity contribution in [2.45, 2.75) is 0 Å². The third-order valence-corrected chi connectivity index (χ3v) is 1.28. The van der Waals surface area contributed by atoms with Gasteiger partial charge in [-0.1, -0.05) is 6.58 Å². The van der Waals surface area contributed by atoms with E-state index in [-0.39, 0.29) is 12.3 Å². The summed E-state index contributed by atoms with van der Waals surface area (Å²) in [5.41, 5.74) is 2.42. The zero-order valence-corrected chi connectivity index (χ0v) is 7.84.